The van der Waals surface area contributed by atoms with Crippen LogP contribution in [0.3, 0.4) is 0 Å². The number of halogens is 1. The molecule has 3 N–H and O–H groups in total. The fraction of sp³-hybridized carbons (Fsp3) is 0.423. The molecule has 1 saturated heterocycles. The Balaban J connectivity index is 1.41. The molecule has 0 unspecified atom stereocenters. The highest BCUT2D eigenvalue weighted by molar-refractivity contribution is 6.30. The van der Waals surface area contributed by atoms with Crippen LogP contribution in [0.25, 0.3) is 0 Å². The van der Waals surface area contributed by atoms with E-state index in [-0.39, 0.29) is 36.6 Å². The van der Waals surface area contributed by atoms with Crippen LogP contribution in [0.5, 0.6) is 11.5 Å². The lowest BCUT2D eigenvalue weighted by Crippen LogP contribution is -2.55. The molecule has 9 nitrogen and oxygen atoms in total. The lowest BCUT2D eigenvalue weighted by molar-refractivity contribution is -0.125. The van der Waals surface area contributed by atoms with Crippen LogP contribution in [0.2, 0.25) is 5.02 Å². The molecular weight excluding hydrogens is 484 g/mol. The van der Waals surface area contributed by atoms with Crippen LogP contribution in [-0.2, 0) is 4.79 Å². The SMILES string of the molecule is CC[C@H](C)NC(=O)[C@@H](NC(=O)c1ccc2c(c1)OCO2)C1CCN(C(=O)Nc2cccc(Cl)c2)CC1. The van der Waals surface area contributed by atoms with Crippen molar-refractivity contribution in [2.45, 2.75) is 45.2 Å². The molecule has 0 spiro atoms. The van der Waals surface area contributed by atoms with Crippen molar-refractivity contribution in [3.8, 4) is 11.5 Å². The number of urea groups is 1. The van der Waals surface area contributed by atoms with Crippen LogP contribution >= 0.6 is 11.6 Å². The topological polar surface area (TPSA) is 109 Å². The van der Waals surface area contributed by atoms with Gasteiger partial charge in [0.2, 0.25) is 12.7 Å². The summed E-state index contributed by atoms with van der Waals surface area (Å²) in [5, 5.41) is 9.33. The number of carbonyl (C=O) groups excluding carboxylic acids is 3. The van der Waals surface area contributed by atoms with E-state index in [0.717, 1.165) is 6.42 Å². The Morgan fingerprint density at radius 1 is 1.06 bits per heavy atom. The molecule has 2 aromatic rings. The zero-order valence-corrected chi connectivity index (χ0v) is 21.1. The minimum absolute atomic E-state index is 0.0222. The highest BCUT2D eigenvalue weighted by atomic mass is 35.5. The van der Waals surface area contributed by atoms with Gasteiger partial charge in [-0.15, -0.1) is 0 Å². The molecule has 4 amide bonds. The number of carbonyl (C=O) groups is 3. The summed E-state index contributed by atoms with van der Waals surface area (Å²) in [4.78, 5) is 40.7. The Morgan fingerprint density at radius 2 is 1.81 bits per heavy atom. The van der Waals surface area contributed by atoms with Gasteiger partial charge in [-0.25, -0.2) is 4.79 Å². The first-order valence-electron chi connectivity index (χ1n) is 12.2. The minimum atomic E-state index is -0.727. The molecule has 0 aromatic heterocycles. The molecule has 2 aliphatic heterocycles. The van der Waals surface area contributed by atoms with Gasteiger partial charge in [-0.2, -0.15) is 0 Å². The van der Waals surface area contributed by atoms with Gasteiger partial charge in [-0.1, -0.05) is 24.6 Å². The lowest BCUT2D eigenvalue weighted by Gasteiger charge is -2.36. The molecule has 2 heterocycles. The van der Waals surface area contributed by atoms with Gasteiger partial charge in [0.15, 0.2) is 11.5 Å². The fourth-order valence-corrected chi connectivity index (χ4v) is 4.49. The van der Waals surface area contributed by atoms with Gasteiger partial charge < -0.3 is 30.3 Å². The van der Waals surface area contributed by atoms with E-state index in [1.165, 1.54) is 0 Å². The van der Waals surface area contributed by atoms with Gasteiger partial charge in [-0.05, 0) is 68.5 Å². The van der Waals surface area contributed by atoms with Crippen LogP contribution in [0.1, 0.15) is 43.5 Å². The van der Waals surface area contributed by atoms with E-state index in [1.54, 1.807) is 47.4 Å². The predicted octanol–water partition coefficient (Wildman–Crippen LogP) is 4.03. The second kappa shape index (κ2) is 11.5. The van der Waals surface area contributed by atoms with E-state index in [9.17, 15) is 14.4 Å². The molecule has 192 valence electrons. The molecular formula is C26H31ClN4O5. The number of hydrogen-bond acceptors (Lipinski definition) is 5. The van der Waals surface area contributed by atoms with E-state index in [2.05, 4.69) is 16.0 Å². The van der Waals surface area contributed by atoms with E-state index in [4.69, 9.17) is 21.1 Å². The third kappa shape index (κ3) is 6.20. The first-order chi connectivity index (χ1) is 17.3. The van der Waals surface area contributed by atoms with E-state index < -0.39 is 6.04 Å². The van der Waals surface area contributed by atoms with E-state index in [1.807, 2.05) is 13.8 Å². The van der Waals surface area contributed by atoms with Crippen molar-refractivity contribution >= 4 is 35.1 Å². The number of anilines is 1. The van der Waals surface area contributed by atoms with Crippen molar-refractivity contribution in [1.82, 2.24) is 15.5 Å². The van der Waals surface area contributed by atoms with Crippen molar-refractivity contribution in [2.75, 3.05) is 25.2 Å². The van der Waals surface area contributed by atoms with Gasteiger partial charge in [0.05, 0.1) is 0 Å². The van der Waals surface area contributed by atoms with Gasteiger partial charge in [0, 0.05) is 35.4 Å². The van der Waals surface area contributed by atoms with Crippen LogP contribution in [0, 0.1) is 5.92 Å². The van der Waals surface area contributed by atoms with Crippen LogP contribution in [0.15, 0.2) is 42.5 Å². The second-order valence-electron chi connectivity index (χ2n) is 9.10. The average molecular weight is 515 g/mol. The zero-order chi connectivity index (χ0) is 25.7. The predicted molar refractivity (Wildman–Crippen MR) is 136 cm³/mol. The maximum absolute atomic E-state index is 13.2. The highest BCUT2D eigenvalue weighted by Gasteiger charge is 2.34. The molecule has 2 aliphatic rings. The Labute approximate surface area is 215 Å². The Kier molecular flexibility index (Phi) is 8.20. The van der Waals surface area contributed by atoms with Gasteiger partial charge >= 0.3 is 6.03 Å². The summed E-state index contributed by atoms with van der Waals surface area (Å²) >= 11 is 6.01. The molecule has 0 bridgehead atoms. The number of nitrogens with zero attached hydrogens (tertiary/aromatic N) is 1. The summed E-state index contributed by atoms with van der Waals surface area (Å²) in [7, 11) is 0. The molecule has 0 radical (unpaired) electrons. The molecule has 10 heteroatoms. The van der Waals surface area contributed by atoms with Crippen LogP contribution in [-0.4, -0.2) is 54.7 Å². The number of hydrogen-bond donors (Lipinski definition) is 3. The maximum Gasteiger partial charge on any atom is 0.321 e. The monoisotopic (exact) mass is 514 g/mol. The zero-order valence-electron chi connectivity index (χ0n) is 20.4. The lowest BCUT2D eigenvalue weighted by atomic mass is 9.88. The number of benzene rings is 2. The minimum Gasteiger partial charge on any atom is -0.454 e. The number of ether oxygens (including phenoxy) is 2. The first-order valence-corrected chi connectivity index (χ1v) is 12.5. The third-order valence-corrected chi connectivity index (χ3v) is 6.81. The van der Waals surface area contributed by atoms with Crippen molar-refractivity contribution in [3.63, 3.8) is 0 Å². The Morgan fingerprint density at radius 3 is 2.53 bits per heavy atom. The first kappa shape index (κ1) is 25.6. The van der Waals surface area contributed by atoms with Gasteiger partial charge in [-0.3, -0.25) is 9.59 Å². The molecule has 0 saturated carbocycles. The average Bonchev–Trinajstić information content (AvgIpc) is 3.35. The van der Waals surface area contributed by atoms with Gasteiger partial charge in [0.25, 0.3) is 5.91 Å². The largest absolute Gasteiger partial charge is 0.454 e. The second-order valence-corrected chi connectivity index (χ2v) is 9.54. The molecule has 4 rings (SSSR count). The normalized spacial score (nSPS) is 16.7. The summed E-state index contributed by atoms with van der Waals surface area (Å²) < 4.78 is 10.7. The number of piperidine rings is 1. The summed E-state index contributed by atoms with van der Waals surface area (Å²) in [6.07, 6.45) is 1.92. The highest BCUT2D eigenvalue weighted by Crippen LogP contribution is 2.32. The fourth-order valence-electron chi connectivity index (χ4n) is 4.30. The maximum atomic E-state index is 13.2. The summed E-state index contributed by atoms with van der Waals surface area (Å²) in [6.45, 7) is 4.96. The molecule has 36 heavy (non-hydrogen) atoms. The van der Waals surface area contributed by atoms with Crippen molar-refractivity contribution < 1.29 is 23.9 Å². The molecule has 2 aromatic carbocycles. The third-order valence-electron chi connectivity index (χ3n) is 6.58. The van der Waals surface area contributed by atoms with E-state index in [0.29, 0.717) is 53.7 Å². The van der Waals surface area contributed by atoms with Crippen molar-refractivity contribution in [2.24, 2.45) is 5.92 Å². The standard InChI is InChI=1S/C26H31ClN4O5/c1-3-16(2)28-25(33)23(30-24(32)18-7-8-21-22(13-18)36-15-35-21)17-9-11-31(12-10-17)26(34)29-20-6-4-5-19(27)14-20/h4-8,13-14,16-17,23H,3,9-12,15H2,1-2H3,(H,28,33)(H,29,34)(H,30,32)/t16-,23-/m0/s1. The molecule has 1 fully saturated rings. The number of fused-ring (bicyclic) bond motifs is 1. The number of nitrogens with one attached hydrogen (secondary N) is 3. The summed E-state index contributed by atoms with van der Waals surface area (Å²) in [5.41, 5.74) is 1.01. The van der Waals surface area contributed by atoms with Crippen molar-refractivity contribution in [3.05, 3.63) is 53.1 Å². The quantitative estimate of drug-likeness (QED) is 0.517. The molecule has 0 aliphatic carbocycles. The Bertz CT molecular complexity index is 1120. The summed E-state index contributed by atoms with van der Waals surface area (Å²) in [5.74, 6) is 0.379. The number of amides is 4. The van der Waals surface area contributed by atoms with Crippen LogP contribution in [0.4, 0.5) is 10.5 Å². The molecule has 2 atom stereocenters. The van der Waals surface area contributed by atoms with Gasteiger partial charge in [0.1, 0.15) is 6.04 Å². The summed E-state index contributed by atoms with van der Waals surface area (Å²) in [6, 6.07) is 11.0. The van der Waals surface area contributed by atoms with E-state index >= 15 is 0 Å². The number of rotatable bonds is 7. The van der Waals surface area contributed by atoms with Crippen LogP contribution < -0.4 is 25.4 Å². The van der Waals surface area contributed by atoms with Crippen molar-refractivity contribution in [1.29, 1.82) is 0 Å². The smallest absolute Gasteiger partial charge is 0.321 e. The Hall–Kier alpha value is -3.46. The number of likely N-dealkylation sites (tertiary alicyclic amines) is 1.